The molecule has 0 fully saturated rings. The minimum Gasteiger partial charge on any atom is -0.319 e. The Morgan fingerprint density at radius 1 is 1.06 bits per heavy atom. The van der Waals surface area contributed by atoms with Crippen LogP contribution in [0.5, 0.6) is 0 Å². The molecule has 0 amide bonds. The molecule has 0 rings (SSSR count). The average Bonchev–Trinajstić information content (AvgIpc) is 2.17. The molecule has 9 heteroatoms. The van der Waals surface area contributed by atoms with Crippen LogP contribution in [0.4, 0.5) is 26.3 Å². The van der Waals surface area contributed by atoms with Crippen LogP contribution < -0.4 is 0 Å². The van der Waals surface area contributed by atoms with Gasteiger partial charge < -0.3 is 14.3 Å². The number of hydrogen-bond acceptors (Lipinski definition) is 3. The van der Waals surface area contributed by atoms with Crippen molar-refractivity contribution in [2.75, 3.05) is 13.7 Å². The van der Waals surface area contributed by atoms with Crippen LogP contribution in [0, 0.1) is 0 Å². The van der Waals surface area contributed by atoms with Crippen molar-refractivity contribution in [2.24, 2.45) is 0 Å². The minimum absolute atomic E-state index is 0.114. The Bertz CT molecular complexity index is 242. The van der Waals surface area contributed by atoms with E-state index in [2.05, 4.69) is 9.47 Å². The molecule has 0 unspecified atom stereocenters. The normalized spacial score (nSPS) is 13.9. The molecular weight excluding hydrogens is 246 g/mol. The van der Waals surface area contributed by atoms with Crippen LogP contribution in [0.1, 0.15) is 6.42 Å². The minimum atomic E-state index is -5.84. The van der Waals surface area contributed by atoms with Crippen molar-refractivity contribution < 1.29 is 40.6 Å². The van der Waals surface area contributed by atoms with Gasteiger partial charge in [-0.15, -0.1) is 0 Å². The van der Waals surface area contributed by atoms with E-state index in [-0.39, 0.29) is 13.4 Å². The molecule has 0 aliphatic heterocycles. The van der Waals surface area contributed by atoms with Crippen LogP contribution in [0.3, 0.4) is 0 Å². The molecule has 0 atom stereocenters. The van der Waals surface area contributed by atoms with Gasteiger partial charge in [0.05, 0.1) is 6.61 Å². The molecule has 0 saturated heterocycles. The summed E-state index contributed by atoms with van der Waals surface area (Å²) < 4.78 is 81.2. The molecule has 0 spiro atoms. The quantitative estimate of drug-likeness (QED) is 0.396. The smallest absolute Gasteiger partial charge is 0.319 e. The Labute approximate surface area is 86.3 Å². The molecule has 0 radical (unpaired) electrons. The predicted octanol–water partition coefficient (Wildman–Crippen LogP) is 2.06. The van der Waals surface area contributed by atoms with E-state index in [1.807, 2.05) is 0 Å². The summed E-state index contributed by atoms with van der Waals surface area (Å²) in [5.74, 6) is -5.84. The lowest BCUT2D eigenvalue weighted by molar-refractivity contribution is -0.445. The highest BCUT2D eigenvalue weighted by molar-refractivity contribution is 5.49. The van der Waals surface area contributed by atoms with Crippen LogP contribution in [-0.2, 0) is 14.3 Å². The van der Waals surface area contributed by atoms with E-state index in [1.165, 1.54) is 0 Å². The number of rotatable bonds is 7. The van der Waals surface area contributed by atoms with Crippen molar-refractivity contribution >= 4 is 6.29 Å². The van der Waals surface area contributed by atoms with Gasteiger partial charge in [0.2, 0.25) is 0 Å². The number of carbonyl (C=O) groups excluding carboxylic acids is 1. The Morgan fingerprint density at radius 3 is 1.94 bits per heavy atom. The summed E-state index contributed by atoms with van der Waals surface area (Å²) in [6, 6.07) is 0. The van der Waals surface area contributed by atoms with Gasteiger partial charge in [0.15, 0.2) is 0 Å². The SMILES string of the molecule is COC(F)(F)C(F)(F)C(F)(F)OCCC=O. The fraction of sp³-hybridized carbons (Fsp3) is 0.857. The lowest BCUT2D eigenvalue weighted by atomic mass is 10.3. The number of carbonyl (C=O) groups is 1. The van der Waals surface area contributed by atoms with Gasteiger partial charge in [0.1, 0.15) is 6.29 Å². The summed E-state index contributed by atoms with van der Waals surface area (Å²) in [7, 11) is 0.148. The first kappa shape index (κ1) is 15.2. The van der Waals surface area contributed by atoms with E-state index in [4.69, 9.17) is 0 Å². The number of hydrogen-bond donors (Lipinski definition) is 0. The number of methoxy groups -OCH3 is 1. The molecule has 0 aliphatic rings. The summed E-state index contributed by atoms with van der Waals surface area (Å²) in [4.78, 5) is 9.71. The zero-order valence-electron chi connectivity index (χ0n) is 7.98. The molecule has 0 saturated carbocycles. The third-order valence-electron chi connectivity index (χ3n) is 1.51. The zero-order valence-corrected chi connectivity index (χ0v) is 7.98. The highest BCUT2D eigenvalue weighted by Crippen LogP contribution is 2.46. The Balaban J connectivity index is 4.76. The number of halogens is 6. The van der Waals surface area contributed by atoms with Crippen molar-refractivity contribution in [1.29, 1.82) is 0 Å². The van der Waals surface area contributed by atoms with E-state index in [9.17, 15) is 31.1 Å². The second-order valence-electron chi connectivity index (χ2n) is 2.62. The van der Waals surface area contributed by atoms with Crippen LogP contribution >= 0.6 is 0 Å². The van der Waals surface area contributed by atoms with Crippen LogP contribution in [-0.4, -0.2) is 38.1 Å². The maximum atomic E-state index is 12.6. The van der Waals surface area contributed by atoms with Crippen molar-refractivity contribution in [3.8, 4) is 0 Å². The van der Waals surface area contributed by atoms with Crippen molar-refractivity contribution in [3.63, 3.8) is 0 Å². The Hall–Kier alpha value is -0.830. The van der Waals surface area contributed by atoms with Crippen LogP contribution in [0.2, 0.25) is 0 Å². The second kappa shape index (κ2) is 5.00. The van der Waals surface area contributed by atoms with Gasteiger partial charge in [-0.1, -0.05) is 0 Å². The maximum absolute atomic E-state index is 12.6. The molecule has 0 aliphatic carbocycles. The Morgan fingerprint density at radius 2 is 1.56 bits per heavy atom. The summed E-state index contributed by atoms with van der Waals surface area (Å²) >= 11 is 0. The fourth-order valence-corrected chi connectivity index (χ4v) is 0.623. The van der Waals surface area contributed by atoms with Crippen molar-refractivity contribution in [1.82, 2.24) is 0 Å². The topological polar surface area (TPSA) is 35.5 Å². The highest BCUT2D eigenvalue weighted by Gasteiger charge is 2.74. The van der Waals surface area contributed by atoms with Crippen molar-refractivity contribution in [3.05, 3.63) is 0 Å². The monoisotopic (exact) mass is 254 g/mol. The van der Waals surface area contributed by atoms with E-state index in [0.717, 1.165) is 0 Å². The third kappa shape index (κ3) is 2.85. The van der Waals surface area contributed by atoms with Gasteiger partial charge in [-0.05, 0) is 0 Å². The predicted molar refractivity (Wildman–Crippen MR) is 38.5 cm³/mol. The molecular formula is C7H8F6O3. The van der Waals surface area contributed by atoms with Gasteiger partial charge in [-0.2, -0.15) is 26.3 Å². The summed E-state index contributed by atoms with van der Waals surface area (Å²) in [5.41, 5.74) is 0. The molecule has 96 valence electrons. The summed E-state index contributed by atoms with van der Waals surface area (Å²) in [6.45, 7) is -1.11. The second-order valence-corrected chi connectivity index (χ2v) is 2.62. The molecule has 0 bridgehead atoms. The lowest BCUT2D eigenvalue weighted by Gasteiger charge is -2.30. The van der Waals surface area contributed by atoms with Gasteiger partial charge in [-0.25, -0.2) is 0 Å². The summed E-state index contributed by atoms with van der Waals surface area (Å²) in [6.07, 6.45) is -11.3. The first-order valence-corrected chi connectivity index (χ1v) is 3.88. The maximum Gasteiger partial charge on any atom is 0.428 e. The average molecular weight is 254 g/mol. The Kier molecular flexibility index (Phi) is 4.74. The molecule has 0 heterocycles. The molecule has 16 heavy (non-hydrogen) atoms. The van der Waals surface area contributed by atoms with Crippen molar-refractivity contribution in [2.45, 2.75) is 24.6 Å². The van der Waals surface area contributed by atoms with Gasteiger partial charge in [0.25, 0.3) is 0 Å². The molecule has 0 aromatic carbocycles. The number of alkyl halides is 6. The lowest BCUT2D eigenvalue weighted by Crippen LogP contribution is -2.56. The summed E-state index contributed by atoms with van der Waals surface area (Å²) in [5, 5.41) is 0. The largest absolute Gasteiger partial charge is 0.428 e. The highest BCUT2D eigenvalue weighted by atomic mass is 19.4. The van der Waals surface area contributed by atoms with E-state index in [0.29, 0.717) is 0 Å². The standard InChI is InChI=1S/C7H8F6O3/c1-15-6(10,11)5(8,9)7(12,13)16-4-2-3-14/h3H,2,4H2,1H3. The zero-order chi connectivity index (χ0) is 13.0. The van der Waals surface area contributed by atoms with Gasteiger partial charge >= 0.3 is 18.1 Å². The molecule has 3 nitrogen and oxygen atoms in total. The molecule has 0 aromatic heterocycles. The van der Waals surface area contributed by atoms with Crippen LogP contribution in [0.15, 0.2) is 0 Å². The van der Waals surface area contributed by atoms with E-state index >= 15 is 0 Å². The van der Waals surface area contributed by atoms with E-state index in [1.54, 1.807) is 0 Å². The first-order chi connectivity index (χ1) is 7.12. The molecule has 0 N–H and O–H groups in total. The van der Waals surface area contributed by atoms with Crippen LogP contribution in [0.25, 0.3) is 0 Å². The number of ether oxygens (including phenoxy) is 2. The first-order valence-electron chi connectivity index (χ1n) is 3.88. The fourth-order valence-electron chi connectivity index (χ4n) is 0.623. The van der Waals surface area contributed by atoms with E-state index < -0.39 is 31.2 Å². The third-order valence-corrected chi connectivity index (χ3v) is 1.51. The molecule has 0 aromatic rings. The van der Waals surface area contributed by atoms with Gasteiger partial charge in [-0.3, -0.25) is 0 Å². The van der Waals surface area contributed by atoms with Gasteiger partial charge in [0, 0.05) is 13.5 Å². The number of aldehydes is 1.